The minimum absolute atomic E-state index is 0.0290. The Morgan fingerprint density at radius 1 is 1.11 bits per heavy atom. The molecule has 1 saturated heterocycles. The van der Waals surface area contributed by atoms with Crippen molar-refractivity contribution in [1.82, 2.24) is 5.32 Å². The summed E-state index contributed by atoms with van der Waals surface area (Å²) in [4.78, 5) is 12.3. The third-order valence-electron chi connectivity index (χ3n) is 4.69. The maximum absolute atomic E-state index is 12.6. The number of sulfone groups is 2. The molecule has 1 unspecified atom stereocenters. The van der Waals surface area contributed by atoms with Crippen molar-refractivity contribution in [3.05, 3.63) is 59.7 Å². The fourth-order valence-corrected chi connectivity index (χ4v) is 7.38. The van der Waals surface area contributed by atoms with Gasteiger partial charge in [-0.1, -0.05) is 12.1 Å². The molecule has 1 aliphatic heterocycles. The Bertz CT molecular complexity index is 1060. The van der Waals surface area contributed by atoms with Gasteiger partial charge in [-0.3, -0.25) is 4.79 Å². The summed E-state index contributed by atoms with van der Waals surface area (Å²) in [5, 5.41) is 1.84. The van der Waals surface area contributed by atoms with Crippen LogP contribution in [0.3, 0.4) is 0 Å². The minimum Gasteiger partial charge on any atom is -0.497 e. The number of rotatable bonds is 6. The highest BCUT2D eigenvalue weighted by Crippen LogP contribution is 2.25. The van der Waals surface area contributed by atoms with Gasteiger partial charge in [-0.05, 0) is 48.4 Å². The first kappa shape index (κ1) is 20.3. The Balaban J connectivity index is 1.65. The van der Waals surface area contributed by atoms with Crippen LogP contribution in [-0.4, -0.2) is 46.6 Å². The number of carbonyl (C=O) groups excluding carboxylic acids is 1. The van der Waals surface area contributed by atoms with Gasteiger partial charge in [-0.2, -0.15) is 0 Å². The lowest BCUT2D eigenvalue weighted by Gasteiger charge is -2.11. The van der Waals surface area contributed by atoms with E-state index in [1.165, 1.54) is 24.3 Å². The zero-order valence-electron chi connectivity index (χ0n) is 15.3. The van der Waals surface area contributed by atoms with E-state index in [1.54, 1.807) is 19.2 Å². The summed E-state index contributed by atoms with van der Waals surface area (Å²) in [5.41, 5.74) is 1.22. The largest absolute Gasteiger partial charge is 0.497 e. The number of hydrogen-bond donors (Lipinski definition) is 1. The fraction of sp³-hybridized carbons (Fsp3) is 0.316. The van der Waals surface area contributed by atoms with Crippen LogP contribution in [0.1, 0.15) is 22.3 Å². The molecule has 0 aliphatic carbocycles. The van der Waals surface area contributed by atoms with Gasteiger partial charge in [0, 0.05) is 12.1 Å². The number of ether oxygens (including phenoxy) is 1. The van der Waals surface area contributed by atoms with E-state index in [0.717, 1.165) is 11.3 Å². The van der Waals surface area contributed by atoms with Crippen LogP contribution < -0.4 is 10.1 Å². The van der Waals surface area contributed by atoms with Crippen LogP contribution in [0.25, 0.3) is 0 Å². The Hall–Kier alpha value is -2.39. The molecule has 28 heavy (non-hydrogen) atoms. The molecule has 1 atom stereocenters. The van der Waals surface area contributed by atoms with Crippen molar-refractivity contribution < 1.29 is 26.4 Å². The molecule has 0 saturated carbocycles. The molecule has 1 aliphatic rings. The molecule has 7 nitrogen and oxygen atoms in total. The van der Waals surface area contributed by atoms with Crippen LogP contribution in [0, 0.1) is 0 Å². The molecule has 2 aromatic carbocycles. The number of hydrogen-bond acceptors (Lipinski definition) is 6. The summed E-state index contributed by atoms with van der Waals surface area (Å²) in [6.45, 7) is 0.322. The van der Waals surface area contributed by atoms with Gasteiger partial charge in [0.25, 0.3) is 5.91 Å². The Morgan fingerprint density at radius 3 is 2.29 bits per heavy atom. The van der Waals surface area contributed by atoms with Crippen LogP contribution in [0.2, 0.25) is 0 Å². The van der Waals surface area contributed by atoms with Crippen LogP contribution in [-0.2, 0) is 26.2 Å². The molecular weight excluding hydrogens is 402 g/mol. The second-order valence-corrected chi connectivity index (χ2v) is 11.1. The number of amides is 1. The summed E-state index contributed by atoms with van der Waals surface area (Å²) in [6, 6.07) is 12.8. The molecule has 0 spiro atoms. The van der Waals surface area contributed by atoms with Gasteiger partial charge in [-0.15, -0.1) is 0 Å². The lowest BCUT2D eigenvalue weighted by molar-refractivity contribution is 0.0951. The van der Waals surface area contributed by atoms with Gasteiger partial charge in [-0.25, -0.2) is 16.8 Å². The Kier molecular flexibility index (Phi) is 5.76. The smallest absolute Gasteiger partial charge is 0.251 e. The molecule has 1 N–H and O–H groups in total. The summed E-state index contributed by atoms with van der Waals surface area (Å²) >= 11 is 0. The van der Waals surface area contributed by atoms with E-state index < -0.39 is 24.9 Å². The second kappa shape index (κ2) is 7.92. The third kappa shape index (κ3) is 4.53. The molecule has 0 bridgehead atoms. The van der Waals surface area contributed by atoms with Crippen molar-refractivity contribution in [2.45, 2.75) is 23.1 Å². The summed E-state index contributed by atoms with van der Waals surface area (Å²) in [6.07, 6.45) is 0.106. The van der Waals surface area contributed by atoms with E-state index in [9.17, 15) is 21.6 Å². The van der Waals surface area contributed by atoms with Crippen molar-refractivity contribution in [2.75, 3.05) is 18.6 Å². The van der Waals surface area contributed by atoms with E-state index in [0.29, 0.717) is 12.1 Å². The topological polar surface area (TPSA) is 107 Å². The normalized spacial score (nSPS) is 18.5. The quantitative estimate of drug-likeness (QED) is 0.756. The van der Waals surface area contributed by atoms with E-state index in [4.69, 9.17) is 4.74 Å². The predicted octanol–water partition coefficient (Wildman–Crippen LogP) is 1.59. The maximum atomic E-state index is 12.6. The van der Waals surface area contributed by atoms with Crippen LogP contribution in [0.15, 0.2) is 53.4 Å². The summed E-state index contributed by atoms with van der Waals surface area (Å²) in [5.74, 6) is -0.0625. The fourth-order valence-electron chi connectivity index (χ4n) is 3.02. The number of carbonyl (C=O) groups is 1. The lowest BCUT2D eigenvalue weighted by atomic mass is 10.2. The molecule has 0 aromatic heterocycles. The average molecular weight is 424 g/mol. The first-order valence-corrected chi connectivity index (χ1v) is 12.0. The van der Waals surface area contributed by atoms with E-state index in [-0.39, 0.29) is 28.7 Å². The molecule has 0 radical (unpaired) electrons. The van der Waals surface area contributed by atoms with Crippen molar-refractivity contribution >= 4 is 25.6 Å². The highest BCUT2D eigenvalue weighted by atomic mass is 32.2. The summed E-state index contributed by atoms with van der Waals surface area (Å²) < 4.78 is 53.4. The highest BCUT2D eigenvalue weighted by Gasteiger charge is 2.37. The monoisotopic (exact) mass is 423 g/mol. The van der Waals surface area contributed by atoms with Crippen molar-refractivity contribution in [3.8, 4) is 5.75 Å². The van der Waals surface area contributed by atoms with Crippen molar-refractivity contribution in [1.29, 1.82) is 0 Å². The zero-order chi connectivity index (χ0) is 20.4. The van der Waals surface area contributed by atoms with Crippen LogP contribution in [0.4, 0.5) is 0 Å². The molecule has 150 valence electrons. The number of benzene rings is 2. The van der Waals surface area contributed by atoms with E-state index >= 15 is 0 Å². The third-order valence-corrected chi connectivity index (χ3v) is 8.87. The number of nitrogens with one attached hydrogen (secondary N) is 1. The SMILES string of the molecule is COc1ccc(CNC(=O)c2ccc(S(=O)(=O)C3CCS(=O)(=O)C3)cc2)cc1. The van der Waals surface area contributed by atoms with Gasteiger partial charge < -0.3 is 10.1 Å². The molecule has 9 heteroatoms. The average Bonchev–Trinajstić information content (AvgIpc) is 3.07. The van der Waals surface area contributed by atoms with E-state index in [2.05, 4.69) is 5.32 Å². The Labute approximate surface area is 164 Å². The molecule has 1 fully saturated rings. The second-order valence-electron chi connectivity index (χ2n) is 6.63. The summed E-state index contributed by atoms with van der Waals surface area (Å²) in [7, 11) is -5.46. The zero-order valence-corrected chi connectivity index (χ0v) is 16.9. The number of methoxy groups -OCH3 is 1. The molecule has 2 aromatic rings. The first-order chi connectivity index (χ1) is 13.2. The minimum atomic E-state index is -3.74. The molecular formula is C19H21NO6S2. The lowest BCUT2D eigenvalue weighted by Crippen LogP contribution is -2.24. The molecule has 1 heterocycles. The van der Waals surface area contributed by atoms with E-state index in [1.807, 2.05) is 12.1 Å². The van der Waals surface area contributed by atoms with Crippen molar-refractivity contribution in [3.63, 3.8) is 0 Å². The first-order valence-electron chi connectivity index (χ1n) is 8.67. The van der Waals surface area contributed by atoms with Gasteiger partial charge >= 0.3 is 0 Å². The maximum Gasteiger partial charge on any atom is 0.251 e. The van der Waals surface area contributed by atoms with Gasteiger partial charge in [0.2, 0.25) is 0 Å². The highest BCUT2D eigenvalue weighted by molar-refractivity contribution is 7.96. The van der Waals surface area contributed by atoms with Crippen LogP contribution >= 0.6 is 0 Å². The predicted molar refractivity (Wildman–Crippen MR) is 105 cm³/mol. The van der Waals surface area contributed by atoms with Gasteiger partial charge in [0.05, 0.1) is 28.8 Å². The standard InChI is InChI=1S/C19H21NO6S2/c1-26-16-6-2-14(3-7-16)12-20-19(21)15-4-8-17(9-5-15)28(24,25)18-10-11-27(22,23)13-18/h2-9,18H,10-13H2,1H3,(H,20,21). The molecule has 3 rings (SSSR count). The van der Waals surface area contributed by atoms with Gasteiger partial charge in [0.1, 0.15) is 5.75 Å². The van der Waals surface area contributed by atoms with Crippen molar-refractivity contribution in [2.24, 2.45) is 0 Å². The Morgan fingerprint density at radius 2 is 1.75 bits per heavy atom. The van der Waals surface area contributed by atoms with Gasteiger partial charge in [0.15, 0.2) is 19.7 Å². The van der Waals surface area contributed by atoms with Crippen LogP contribution in [0.5, 0.6) is 5.75 Å². The molecule has 1 amide bonds.